The molecule has 0 aliphatic carbocycles. The van der Waals surface area contributed by atoms with Gasteiger partial charge in [0.2, 0.25) is 11.8 Å². The van der Waals surface area contributed by atoms with Crippen LogP contribution in [-0.2, 0) is 19.1 Å². The Kier molecular flexibility index (Phi) is 8.38. The first-order valence-corrected chi connectivity index (χ1v) is 16.2. The lowest BCUT2D eigenvalue weighted by atomic mass is 9.62. The number of hydrogen-bond donors (Lipinski definition) is 1. The Bertz CT molecular complexity index is 1670. The highest BCUT2D eigenvalue weighted by Gasteiger charge is 2.80. The zero-order chi connectivity index (χ0) is 32.8. The van der Waals surface area contributed by atoms with E-state index in [4.69, 9.17) is 4.74 Å². The van der Waals surface area contributed by atoms with Crippen LogP contribution in [0.4, 0.5) is 11.4 Å². The van der Waals surface area contributed by atoms with Crippen molar-refractivity contribution in [1.82, 2.24) is 4.90 Å². The molecule has 2 bridgehead atoms. The van der Waals surface area contributed by atoms with Crippen molar-refractivity contribution in [3.63, 3.8) is 0 Å². The highest BCUT2D eigenvalue weighted by molar-refractivity contribution is 6.07. The molecule has 0 aromatic heterocycles. The van der Waals surface area contributed by atoms with Crippen molar-refractivity contribution in [3.8, 4) is 0 Å². The monoisotopic (exact) mass is 621 g/mol. The molecule has 8 heteroatoms. The maximum Gasteiger partial charge on any atom is 0.253 e. The van der Waals surface area contributed by atoms with Crippen molar-refractivity contribution in [2.45, 2.75) is 56.9 Å². The minimum Gasteiger partial charge on any atom is -0.394 e. The van der Waals surface area contributed by atoms with Crippen LogP contribution in [0.25, 0.3) is 10.8 Å². The standard InChI is InChI=1S/C38H43N3O5/c1-6-20-39(29-16-10-9-11-17-29)34(43)31-32-35(44)41(28(8-3)24-42)33(38(32)23-25(4)37(31,5)46-38)36(45)40(21-7-2)30-19-18-26-14-12-13-15-27(26)22-30/h6-7,9-19,22,25,28,31-33,42H,1-2,8,20-21,23-24H2,3-5H3/t25?,28-,31+,32-,33?,37-,38?/m0/s1. The van der Waals surface area contributed by atoms with E-state index in [1.165, 1.54) is 0 Å². The molecule has 3 aromatic carbocycles. The van der Waals surface area contributed by atoms with Gasteiger partial charge in [-0.3, -0.25) is 14.4 Å². The highest BCUT2D eigenvalue weighted by atomic mass is 16.5. The van der Waals surface area contributed by atoms with E-state index in [2.05, 4.69) is 13.2 Å². The Labute approximate surface area is 270 Å². The van der Waals surface area contributed by atoms with Gasteiger partial charge in [0, 0.05) is 24.5 Å². The molecule has 240 valence electrons. The summed E-state index contributed by atoms with van der Waals surface area (Å²) in [4.78, 5) is 49.4. The molecule has 3 saturated heterocycles. The molecule has 0 saturated carbocycles. The topological polar surface area (TPSA) is 90.4 Å². The van der Waals surface area contributed by atoms with E-state index in [1.807, 2.05) is 93.6 Å². The van der Waals surface area contributed by atoms with Gasteiger partial charge in [-0.05, 0) is 60.7 Å². The number of ether oxygens (including phenoxy) is 1. The van der Waals surface area contributed by atoms with Gasteiger partial charge in [0.1, 0.15) is 11.6 Å². The van der Waals surface area contributed by atoms with E-state index < -0.39 is 35.1 Å². The van der Waals surface area contributed by atoms with Gasteiger partial charge in [-0.1, -0.05) is 74.5 Å². The van der Waals surface area contributed by atoms with E-state index in [0.717, 1.165) is 10.8 Å². The van der Waals surface area contributed by atoms with Gasteiger partial charge in [-0.25, -0.2) is 0 Å². The largest absolute Gasteiger partial charge is 0.394 e. The van der Waals surface area contributed by atoms with Gasteiger partial charge in [-0.2, -0.15) is 0 Å². The second kappa shape index (κ2) is 12.2. The van der Waals surface area contributed by atoms with Gasteiger partial charge in [-0.15, -0.1) is 13.2 Å². The Morgan fingerprint density at radius 1 is 0.978 bits per heavy atom. The number of nitrogens with zero attached hydrogens (tertiary/aromatic N) is 3. The van der Waals surface area contributed by atoms with Crippen LogP contribution in [0.3, 0.4) is 0 Å². The summed E-state index contributed by atoms with van der Waals surface area (Å²) in [5, 5.41) is 12.6. The van der Waals surface area contributed by atoms with Crippen LogP contribution in [0, 0.1) is 17.8 Å². The zero-order valence-electron chi connectivity index (χ0n) is 26.8. The fourth-order valence-corrected chi connectivity index (χ4v) is 8.31. The Morgan fingerprint density at radius 2 is 1.61 bits per heavy atom. The summed E-state index contributed by atoms with van der Waals surface area (Å²) < 4.78 is 7.00. The first-order chi connectivity index (χ1) is 22.2. The van der Waals surface area contributed by atoms with Gasteiger partial charge in [0.05, 0.1) is 30.1 Å². The molecule has 1 N–H and O–H groups in total. The molecule has 1 spiro atoms. The maximum absolute atomic E-state index is 15.0. The van der Waals surface area contributed by atoms with Gasteiger partial charge in [0.15, 0.2) is 0 Å². The SMILES string of the molecule is C=CCN(C(=O)C1N([C@@H](CC)CO)C(=O)[C@@H]2[C@H](C(=O)N(CC=C)c3ccccc3)[C@@]3(C)OC12CC3C)c1ccc2ccccc2c1. The predicted octanol–water partition coefficient (Wildman–Crippen LogP) is 5.36. The highest BCUT2D eigenvalue weighted by Crippen LogP contribution is 2.66. The summed E-state index contributed by atoms with van der Waals surface area (Å²) in [6.07, 6.45) is 4.21. The van der Waals surface area contributed by atoms with E-state index >= 15 is 4.79 Å². The minimum absolute atomic E-state index is 0.121. The number of benzene rings is 3. The molecule has 46 heavy (non-hydrogen) atoms. The zero-order valence-corrected chi connectivity index (χ0v) is 26.8. The third kappa shape index (κ3) is 4.69. The van der Waals surface area contributed by atoms with Crippen molar-refractivity contribution in [2.24, 2.45) is 17.8 Å². The third-order valence-corrected chi connectivity index (χ3v) is 10.6. The average molecular weight is 622 g/mol. The molecule has 3 aliphatic rings. The van der Waals surface area contributed by atoms with Gasteiger partial charge < -0.3 is 24.5 Å². The molecule has 6 rings (SSSR count). The van der Waals surface area contributed by atoms with Crippen molar-refractivity contribution in [2.75, 3.05) is 29.5 Å². The molecule has 3 aromatic rings. The number of aliphatic hydroxyl groups excluding tert-OH is 1. The summed E-state index contributed by atoms with van der Waals surface area (Å²) in [7, 11) is 0. The summed E-state index contributed by atoms with van der Waals surface area (Å²) in [5.41, 5.74) is -0.860. The van der Waals surface area contributed by atoms with E-state index in [0.29, 0.717) is 24.2 Å². The second-order valence-corrected chi connectivity index (χ2v) is 13.0. The van der Waals surface area contributed by atoms with Gasteiger partial charge >= 0.3 is 0 Å². The van der Waals surface area contributed by atoms with Crippen molar-refractivity contribution in [1.29, 1.82) is 0 Å². The molecule has 7 atom stereocenters. The van der Waals surface area contributed by atoms with Crippen molar-refractivity contribution in [3.05, 3.63) is 98.1 Å². The number of likely N-dealkylation sites (tertiary alicyclic amines) is 1. The molecule has 3 unspecified atom stereocenters. The number of carbonyl (C=O) groups is 3. The third-order valence-electron chi connectivity index (χ3n) is 10.6. The Morgan fingerprint density at radius 3 is 2.24 bits per heavy atom. The van der Waals surface area contributed by atoms with Crippen LogP contribution in [-0.4, -0.2) is 70.7 Å². The molecule has 3 amide bonds. The molecule has 3 fully saturated rings. The molecular formula is C38H43N3O5. The van der Waals surface area contributed by atoms with E-state index in [9.17, 15) is 14.7 Å². The normalized spacial score (nSPS) is 28.6. The lowest BCUT2D eigenvalue weighted by molar-refractivity contribution is -0.149. The van der Waals surface area contributed by atoms with Crippen LogP contribution in [0.2, 0.25) is 0 Å². The number of fused-ring (bicyclic) bond motifs is 2. The molecule has 3 heterocycles. The number of anilines is 2. The lowest BCUT2D eigenvalue weighted by Crippen LogP contribution is -2.59. The molecular weight excluding hydrogens is 578 g/mol. The summed E-state index contributed by atoms with van der Waals surface area (Å²) in [5.74, 6) is -2.72. The quantitative estimate of drug-likeness (QED) is 0.291. The summed E-state index contributed by atoms with van der Waals surface area (Å²) in [6, 6.07) is 21.5. The van der Waals surface area contributed by atoms with Crippen LogP contribution in [0.1, 0.15) is 33.6 Å². The van der Waals surface area contributed by atoms with Crippen molar-refractivity contribution < 1.29 is 24.2 Å². The summed E-state index contributed by atoms with van der Waals surface area (Å²) >= 11 is 0. The number of para-hydroxylation sites is 1. The number of amides is 3. The van der Waals surface area contributed by atoms with Crippen molar-refractivity contribution >= 4 is 39.9 Å². The van der Waals surface area contributed by atoms with Crippen LogP contribution in [0.15, 0.2) is 98.1 Å². The minimum atomic E-state index is -1.25. The van der Waals surface area contributed by atoms with Crippen LogP contribution in [0.5, 0.6) is 0 Å². The second-order valence-electron chi connectivity index (χ2n) is 13.0. The van der Waals surface area contributed by atoms with E-state index in [-0.39, 0.29) is 43.3 Å². The van der Waals surface area contributed by atoms with Crippen LogP contribution < -0.4 is 9.80 Å². The molecule has 3 aliphatic heterocycles. The van der Waals surface area contributed by atoms with Gasteiger partial charge in [0.25, 0.3) is 5.91 Å². The first-order valence-electron chi connectivity index (χ1n) is 16.2. The molecule has 8 nitrogen and oxygen atoms in total. The maximum atomic E-state index is 15.0. The van der Waals surface area contributed by atoms with E-state index in [1.54, 1.807) is 26.9 Å². The predicted molar refractivity (Wildman–Crippen MR) is 180 cm³/mol. The number of rotatable bonds is 11. The fraction of sp³-hybridized carbons (Fsp3) is 0.395. The number of hydrogen-bond acceptors (Lipinski definition) is 5. The fourth-order valence-electron chi connectivity index (χ4n) is 8.31. The Balaban J connectivity index is 1.48. The smallest absolute Gasteiger partial charge is 0.253 e. The Hall–Kier alpha value is -4.27. The number of carbonyl (C=O) groups excluding carboxylic acids is 3. The summed E-state index contributed by atoms with van der Waals surface area (Å²) in [6.45, 7) is 13.8. The first kappa shape index (κ1) is 31.7. The average Bonchev–Trinajstić information content (AvgIpc) is 3.59. The van der Waals surface area contributed by atoms with Crippen LogP contribution >= 0.6 is 0 Å². The molecule has 0 radical (unpaired) electrons. The lowest BCUT2D eigenvalue weighted by Gasteiger charge is -2.39. The number of aliphatic hydroxyl groups is 1.